The molecule has 0 atom stereocenters. The zero-order valence-corrected chi connectivity index (χ0v) is 17.6. The number of aryl methyl sites for hydroxylation is 1. The molecule has 1 amide bonds. The van der Waals surface area contributed by atoms with Gasteiger partial charge in [0.25, 0.3) is 5.69 Å². The van der Waals surface area contributed by atoms with Crippen LogP contribution in [0.3, 0.4) is 0 Å². The van der Waals surface area contributed by atoms with Crippen molar-refractivity contribution in [3.8, 4) is 17.1 Å². The third kappa shape index (κ3) is 4.60. The lowest BCUT2D eigenvalue weighted by atomic mass is 10.2. The summed E-state index contributed by atoms with van der Waals surface area (Å²) in [6.07, 6.45) is 0. The number of para-hydroxylation sites is 1. The minimum Gasteiger partial charge on any atom is -0.496 e. The van der Waals surface area contributed by atoms with E-state index in [4.69, 9.17) is 4.74 Å². The molecule has 1 heterocycles. The molecular weight excluding hydrogens is 406 g/mol. The van der Waals surface area contributed by atoms with Gasteiger partial charge >= 0.3 is 0 Å². The van der Waals surface area contributed by atoms with Gasteiger partial charge in [0, 0.05) is 18.7 Å². The van der Waals surface area contributed by atoms with Crippen LogP contribution >= 0.6 is 11.8 Å². The van der Waals surface area contributed by atoms with E-state index in [1.54, 1.807) is 20.1 Å². The molecule has 0 saturated heterocycles. The third-order valence-corrected chi connectivity index (χ3v) is 5.39. The molecular formula is C20H21N5O4S. The van der Waals surface area contributed by atoms with Crippen LogP contribution in [-0.4, -0.2) is 38.5 Å². The number of nitro groups is 1. The zero-order chi connectivity index (χ0) is 21.7. The average molecular weight is 427 g/mol. The molecule has 1 aromatic heterocycles. The van der Waals surface area contributed by atoms with Gasteiger partial charge in [0.15, 0.2) is 11.0 Å². The minimum absolute atomic E-state index is 0.0734. The number of hydrogen-bond donors (Lipinski definition) is 1. The first kappa shape index (κ1) is 21.3. The molecule has 0 bridgehead atoms. The van der Waals surface area contributed by atoms with Crippen LogP contribution in [0.1, 0.15) is 12.5 Å². The van der Waals surface area contributed by atoms with Gasteiger partial charge in [-0.3, -0.25) is 14.9 Å². The van der Waals surface area contributed by atoms with Gasteiger partial charge in [0.1, 0.15) is 5.75 Å². The van der Waals surface area contributed by atoms with Crippen LogP contribution in [0.2, 0.25) is 0 Å². The van der Waals surface area contributed by atoms with E-state index < -0.39 is 4.92 Å². The summed E-state index contributed by atoms with van der Waals surface area (Å²) in [6.45, 7) is 4.37. The van der Waals surface area contributed by atoms with Crippen molar-refractivity contribution in [1.82, 2.24) is 14.8 Å². The fraction of sp³-hybridized carbons (Fsp3) is 0.250. The molecule has 3 aromatic rings. The van der Waals surface area contributed by atoms with Crippen LogP contribution in [0, 0.1) is 17.0 Å². The molecule has 1 N–H and O–H groups in total. The van der Waals surface area contributed by atoms with E-state index in [9.17, 15) is 14.9 Å². The smallest absolute Gasteiger partial charge is 0.271 e. The van der Waals surface area contributed by atoms with E-state index in [1.807, 2.05) is 35.8 Å². The van der Waals surface area contributed by atoms with Crippen molar-refractivity contribution in [3.63, 3.8) is 0 Å². The Morgan fingerprint density at radius 1 is 1.27 bits per heavy atom. The monoisotopic (exact) mass is 427 g/mol. The number of nitro benzene ring substituents is 1. The molecule has 30 heavy (non-hydrogen) atoms. The molecule has 0 aliphatic heterocycles. The van der Waals surface area contributed by atoms with Gasteiger partial charge in [-0.2, -0.15) is 0 Å². The van der Waals surface area contributed by atoms with E-state index in [1.165, 1.54) is 23.9 Å². The lowest BCUT2D eigenvalue weighted by molar-refractivity contribution is -0.384. The van der Waals surface area contributed by atoms with E-state index in [-0.39, 0.29) is 17.3 Å². The lowest BCUT2D eigenvalue weighted by Gasteiger charge is -2.11. The van der Waals surface area contributed by atoms with Crippen molar-refractivity contribution in [2.45, 2.75) is 25.5 Å². The Hall–Kier alpha value is -3.40. The number of hydrogen-bond acceptors (Lipinski definition) is 7. The molecule has 2 aromatic carbocycles. The number of carbonyl (C=O) groups is 1. The number of aromatic nitrogens is 3. The van der Waals surface area contributed by atoms with Gasteiger partial charge in [-0.15, -0.1) is 10.2 Å². The number of ether oxygens (including phenoxy) is 1. The van der Waals surface area contributed by atoms with Crippen LogP contribution in [0.4, 0.5) is 11.4 Å². The van der Waals surface area contributed by atoms with E-state index >= 15 is 0 Å². The van der Waals surface area contributed by atoms with Crippen molar-refractivity contribution in [1.29, 1.82) is 0 Å². The number of anilines is 1. The normalized spacial score (nSPS) is 10.6. The average Bonchev–Trinajstić information content (AvgIpc) is 3.16. The maximum Gasteiger partial charge on any atom is 0.271 e. The molecule has 0 aliphatic carbocycles. The summed E-state index contributed by atoms with van der Waals surface area (Å²) < 4.78 is 7.32. The van der Waals surface area contributed by atoms with Gasteiger partial charge in [0.2, 0.25) is 5.91 Å². The number of nitrogens with zero attached hydrogens (tertiary/aromatic N) is 4. The Balaban J connectivity index is 1.74. The standard InChI is InChI=1S/C20H21N5O4S/c1-4-24-19(15-7-5-6-8-17(15)29-3)22-23-20(24)30-12-18(26)21-16-11-14(25(27)28)10-9-13(16)2/h5-11H,4,12H2,1-3H3,(H,21,26). The molecule has 0 radical (unpaired) electrons. The molecule has 0 fully saturated rings. The third-order valence-electron chi connectivity index (χ3n) is 4.42. The van der Waals surface area contributed by atoms with E-state index in [0.717, 1.165) is 11.1 Å². The van der Waals surface area contributed by atoms with Crippen LogP contribution < -0.4 is 10.1 Å². The van der Waals surface area contributed by atoms with Crippen molar-refractivity contribution in [2.75, 3.05) is 18.2 Å². The fourth-order valence-electron chi connectivity index (χ4n) is 2.88. The maximum absolute atomic E-state index is 12.4. The Morgan fingerprint density at radius 3 is 2.73 bits per heavy atom. The van der Waals surface area contributed by atoms with Crippen LogP contribution in [-0.2, 0) is 11.3 Å². The Kier molecular flexibility index (Phi) is 6.68. The maximum atomic E-state index is 12.4. The first-order valence-electron chi connectivity index (χ1n) is 9.18. The predicted octanol–water partition coefficient (Wildman–Crippen LogP) is 3.92. The Labute approximate surface area is 177 Å². The number of thioether (sulfide) groups is 1. The highest BCUT2D eigenvalue weighted by molar-refractivity contribution is 7.99. The van der Waals surface area contributed by atoms with Gasteiger partial charge in [-0.1, -0.05) is 30.0 Å². The Morgan fingerprint density at radius 2 is 2.03 bits per heavy atom. The largest absolute Gasteiger partial charge is 0.496 e. The summed E-state index contributed by atoms with van der Waals surface area (Å²) >= 11 is 1.25. The van der Waals surface area contributed by atoms with Crippen molar-refractivity contribution in [3.05, 3.63) is 58.1 Å². The summed E-state index contributed by atoms with van der Waals surface area (Å²) in [5, 5.41) is 22.8. The van der Waals surface area contributed by atoms with Gasteiger partial charge in [-0.05, 0) is 31.5 Å². The summed E-state index contributed by atoms with van der Waals surface area (Å²) in [7, 11) is 1.60. The molecule has 3 rings (SSSR count). The predicted molar refractivity (Wildman–Crippen MR) is 115 cm³/mol. The van der Waals surface area contributed by atoms with Gasteiger partial charge in [-0.25, -0.2) is 0 Å². The quantitative estimate of drug-likeness (QED) is 0.329. The highest BCUT2D eigenvalue weighted by Crippen LogP contribution is 2.31. The van der Waals surface area contributed by atoms with Crippen LogP contribution in [0.25, 0.3) is 11.4 Å². The molecule has 10 heteroatoms. The van der Waals surface area contributed by atoms with Crippen LogP contribution in [0.5, 0.6) is 5.75 Å². The number of non-ortho nitro benzene ring substituents is 1. The SMILES string of the molecule is CCn1c(SCC(=O)Nc2cc([N+](=O)[O-])ccc2C)nnc1-c1ccccc1OC. The molecule has 0 aliphatic rings. The summed E-state index contributed by atoms with van der Waals surface area (Å²) in [5.41, 5.74) is 1.91. The number of benzene rings is 2. The first-order chi connectivity index (χ1) is 14.4. The minimum atomic E-state index is -0.493. The summed E-state index contributed by atoms with van der Waals surface area (Å²) in [4.78, 5) is 22.9. The second-order valence-corrected chi connectivity index (χ2v) is 7.29. The number of methoxy groups -OCH3 is 1. The summed E-state index contributed by atoms with van der Waals surface area (Å²) in [5.74, 6) is 1.15. The lowest BCUT2D eigenvalue weighted by Crippen LogP contribution is -2.15. The Bertz CT molecular complexity index is 1080. The van der Waals surface area contributed by atoms with E-state index in [2.05, 4.69) is 15.5 Å². The van der Waals surface area contributed by atoms with Crippen LogP contribution in [0.15, 0.2) is 47.6 Å². The highest BCUT2D eigenvalue weighted by Gasteiger charge is 2.18. The zero-order valence-electron chi connectivity index (χ0n) is 16.8. The van der Waals surface area contributed by atoms with Crippen molar-refractivity contribution < 1.29 is 14.5 Å². The van der Waals surface area contributed by atoms with Gasteiger partial charge in [0.05, 0.1) is 29.0 Å². The second-order valence-electron chi connectivity index (χ2n) is 6.34. The van der Waals surface area contributed by atoms with E-state index in [0.29, 0.717) is 29.0 Å². The number of carbonyl (C=O) groups excluding carboxylic acids is 1. The van der Waals surface area contributed by atoms with Crippen molar-refractivity contribution >= 4 is 29.0 Å². The molecule has 156 valence electrons. The van der Waals surface area contributed by atoms with Crippen molar-refractivity contribution in [2.24, 2.45) is 0 Å². The molecule has 0 unspecified atom stereocenters. The number of nitrogens with one attached hydrogen (secondary N) is 1. The number of rotatable bonds is 8. The topological polar surface area (TPSA) is 112 Å². The highest BCUT2D eigenvalue weighted by atomic mass is 32.2. The summed E-state index contributed by atoms with van der Waals surface area (Å²) in [6, 6.07) is 11.9. The molecule has 9 nitrogen and oxygen atoms in total. The second kappa shape index (κ2) is 9.40. The molecule has 0 saturated carbocycles. The molecule has 0 spiro atoms. The first-order valence-corrected chi connectivity index (χ1v) is 10.2. The fourth-order valence-corrected chi connectivity index (χ4v) is 3.69. The number of amides is 1. The van der Waals surface area contributed by atoms with Gasteiger partial charge < -0.3 is 14.6 Å².